The van der Waals surface area contributed by atoms with Gasteiger partial charge in [0.05, 0.1) is 17.8 Å². The van der Waals surface area contributed by atoms with Gasteiger partial charge in [0, 0.05) is 21.6 Å². The van der Waals surface area contributed by atoms with E-state index in [1.807, 2.05) is 13.8 Å². The van der Waals surface area contributed by atoms with Crippen LogP contribution in [0.25, 0.3) is 11.1 Å². The number of furan rings is 1. The summed E-state index contributed by atoms with van der Waals surface area (Å²) in [7, 11) is 0. The zero-order chi connectivity index (χ0) is 14.0. The summed E-state index contributed by atoms with van der Waals surface area (Å²) in [4.78, 5) is 0. The first-order chi connectivity index (χ1) is 9.00. The molecule has 0 saturated heterocycles. The second kappa shape index (κ2) is 6.07. The number of nitrogens with one attached hydrogen (secondary N) is 1. The summed E-state index contributed by atoms with van der Waals surface area (Å²) >= 11 is 9.12. The zero-order valence-electron chi connectivity index (χ0n) is 10.6. The van der Waals surface area contributed by atoms with Crippen LogP contribution >= 0.6 is 27.5 Å². The molecular formula is C14H14BrClFNO. The summed E-state index contributed by atoms with van der Waals surface area (Å²) in [6, 6.07) is 5.50. The number of hydrogen-bond donors (Lipinski definition) is 1. The van der Waals surface area contributed by atoms with Crippen molar-refractivity contribution in [3.8, 4) is 11.1 Å². The fraction of sp³-hybridized carbons (Fsp3) is 0.286. The van der Waals surface area contributed by atoms with E-state index in [-0.39, 0.29) is 5.02 Å². The highest BCUT2D eigenvalue weighted by Gasteiger charge is 2.16. The Labute approximate surface area is 125 Å². The van der Waals surface area contributed by atoms with E-state index >= 15 is 0 Å². The monoisotopic (exact) mass is 345 g/mol. The normalized spacial score (nSPS) is 11.3. The highest BCUT2D eigenvalue weighted by molar-refractivity contribution is 9.10. The van der Waals surface area contributed by atoms with Gasteiger partial charge in [-0.15, -0.1) is 0 Å². The molecule has 2 rings (SSSR count). The quantitative estimate of drug-likeness (QED) is 0.788. The first-order valence-corrected chi connectivity index (χ1v) is 7.11. The van der Waals surface area contributed by atoms with Crippen molar-refractivity contribution < 1.29 is 8.81 Å². The van der Waals surface area contributed by atoms with Crippen molar-refractivity contribution >= 4 is 27.5 Å². The summed E-state index contributed by atoms with van der Waals surface area (Å²) in [6.45, 7) is 4.63. The predicted octanol–water partition coefficient (Wildman–Crippen LogP) is 5.00. The molecule has 1 aromatic heterocycles. The molecular weight excluding hydrogens is 333 g/mol. The van der Waals surface area contributed by atoms with Crippen molar-refractivity contribution in [2.75, 3.05) is 0 Å². The van der Waals surface area contributed by atoms with Gasteiger partial charge in [-0.05, 0) is 28.1 Å². The van der Waals surface area contributed by atoms with Crippen LogP contribution in [0.2, 0.25) is 5.02 Å². The molecule has 0 aliphatic carbocycles. The molecule has 0 atom stereocenters. The lowest BCUT2D eigenvalue weighted by molar-refractivity contribution is 0.466. The van der Waals surface area contributed by atoms with Gasteiger partial charge in [-0.1, -0.05) is 31.5 Å². The molecule has 1 aromatic carbocycles. The summed E-state index contributed by atoms with van der Waals surface area (Å²) in [5.41, 5.74) is 1.17. The van der Waals surface area contributed by atoms with E-state index in [4.69, 9.17) is 16.0 Å². The third-order valence-electron chi connectivity index (χ3n) is 2.74. The van der Waals surface area contributed by atoms with E-state index in [0.717, 1.165) is 5.56 Å². The maximum absolute atomic E-state index is 14.2. The van der Waals surface area contributed by atoms with Crippen molar-refractivity contribution in [2.24, 2.45) is 0 Å². The lowest BCUT2D eigenvalue weighted by Gasteiger charge is -2.09. The average molecular weight is 347 g/mol. The second-order valence-corrected chi connectivity index (χ2v) is 5.75. The minimum atomic E-state index is -0.441. The molecule has 2 nitrogen and oxygen atoms in total. The Morgan fingerprint density at radius 2 is 2.05 bits per heavy atom. The van der Waals surface area contributed by atoms with E-state index in [9.17, 15) is 4.39 Å². The molecule has 0 unspecified atom stereocenters. The van der Waals surface area contributed by atoms with Crippen LogP contribution in [-0.4, -0.2) is 6.04 Å². The van der Waals surface area contributed by atoms with Crippen molar-refractivity contribution in [3.63, 3.8) is 0 Å². The minimum absolute atomic E-state index is 0.0847. The van der Waals surface area contributed by atoms with Crippen molar-refractivity contribution in [2.45, 2.75) is 26.4 Å². The molecule has 102 valence electrons. The van der Waals surface area contributed by atoms with Crippen molar-refractivity contribution in [3.05, 3.63) is 45.5 Å². The molecule has 0 aliphatic rings. The molecule has 0 spiro atoms. The average Bonchev–Trinajstić information content (AvgIpc) is 2.82. The van der Waals surface area contributed by atoms with E-state index in [0.29, 0.717) is 28.4 Å². The van der Waals surface area contributed by atoms with Gasteiger partial charge >= 0.3 is 0 Å². The Morgan fingerprint density at radius 3 is 2.74 bits per heavy atom. The molecule has 1 N–H and O–H groups in total. The van der Waals surface area contributed by atoms with Gasteiger partial charge < -0.3 is 9.73 Å². The fourth-order valence-corrected chi connectivity index (χ4v) is 2.22. The van der Waals surface area contributed by atoms with Crippen LogP contribution in [0.5, 0.6) is 0 Å². The van der Waals surface area contributed by atoms with Crippen LogP contribution < -0.4 is 5.32 Å². The topological polar surface area (TPSA) is 25.2 Å². The number of hydrogen-bond acceptors (Lipinski definition) is 2. The third-order valence-corrected chi connectivity index (χ3v) is 4.00. The Morgan fingerprint density at radius 1 is 1.32 bits per heavy atom. The molecule has 0 saturated carbocycles. The van der Waals surface area contributed by atoms with Crippen molar-refractivity contribution in [1.29, 1.82) is 0 Å². The van der Waals surface area contributed by atoms with Crippen LogP contribution in [0.1, 0.15) is 19.6 Å². The van der Waals surface area contributed by atoms with Crippen LogP contribution in [0.3, 0.4) is 0 Å². The Kier molecular flexibility index (Phi) is 4.66. The standard InChI is InChI=1S/C14H14BrClFNO/c1-8(2)18-7-12-9(5-6-19-12)10-3-4-11(15)13(16)14(10)17/h3-6,8,18H,7H2,1-2H3. The number of halogens is 3. The first kappa shape index (κ1) is 14.6. The largest absolute Gasteiger partial charge is 0.467 e. The van der Waals surface area contributed by atoms with E-state index in [1.54, 1.807) is 24.5 Å². The van der Waals surface area contributed by atoms with E-state index in [2.05, 4.69) is 21.2 Å². The van der Waals surface area contributed by atoms with Gasteiger partial charge in [0.15, 0.2) is 5.82 Å². The molecule has 19 heavy (non-hydrogen) atoms. The van der Waals surface area contributed by atoms with E-state index < -0.39 is 5.82 Å². The molecule has 0 amide bonds. The smallest absolute Gasteiger partial charge is 0.150 e. The summed E-state index contributed by atoms with van der Waals surface area (Å²) in [5, 5.41) is 3.33. The van der Waals surface area contributed by atoms with Crippen LogP contribution in [-0.2, 0) is 6.54 Å². The molecule has 2 aromatic rings. The van der Waals surface area contributed by atoms with E-state index in [1.165, 1.54) is 0 Å². The summed E-state index contributed by atoms with van der Waals surface area (Å²) in [5.74, 6) is 0.259. The third kappa shape index (κ3) is 3.19. The van der Waals surface area contributed by atoms with Gasteiger partial charge in [0.25, 0.3) is 0 Å². The number of benzene rings is 1. The van der Waals surface area contributed by atoms with Crippen molar-refractivity contribution in [1.82, 2.24) is 5.32 Å². The van der Waals surface area contributed by atoms with Crippen LogP contribution in [0.4, 0.5) is 4.39 Å². The maximum Gasteiger partial charge on any atom is 0.150 e. The lowest BCUT2D eigenvalue weighted by Crippen LogP contribution is -2.21. The summed E-state index contributed by atoms with van der Waals surface area (Å²) in [6.07, 6.45) is 1.56. The van der Waals surface area contributed by atoms with Gasteiger partial charge in [-0.2, -0.15) is 0 Å². The first-order valence-electron chi connectivity index (χ1n) is 5.94. The minimum Gasteiger partial charge on any atom is -0.467 e. The SMILES string of the molecule is CC(C)NCc1occc1-c1ccc(Br)c(Cl)c1F. The Bertz CT molecular complexity index is 583. The highest BCUT2D eigenvalue weighted by Crippen LogP contribution is 2.34. The maximum atomic E-state index is 14.2. The molecule has 0 fully saturated rings. The van der Waals surface area contributed by atoms with Crippen LogP contribution in [0, 0.1) is 5.82 Å². The summed E-state index contributed by atoms with van der Waals surface area (Å²) < 4.78 is 20.1. The molecule has 0 aliphatic heterocycles. The highest BCUT2D eigenvalue weighted by atomic mass is 79.9. The Balaban J connectivity index is 2.37. The number of rotatable bonds is 4. The van der Waals surface area contributed by atoms with Gasteiger partial charge in [-0.25, -0.2) is 4.39 Å². The van der Waals surface area contributed by atoms with Gasteiger partial charge in [-0.3, -0.25) is 0 Å². The molecule has 0 bridgehead atoms. The van der Waals surface area contributed by atoms with Gasteiger partial charge in [0.2, 0.25) is 0 Å². The molecule has 5 heteroatoms. The van der Waals surface area contributed by atoms with Crippen LogP contribution in [0.15, 0.2) is 33.4 Å². The lowest BCUT2D eigenvalue weighted by atomic mass is 10.1. The molecule has 0 radical (unpaired) electrons. The predicted molar refractivity (Wildman–Crippen MR) is 78.8 cm³/mol. The fourth-order valence-electron chi connectivity index (χ4n) is 1.75. The second-order valence-electron chi connectivity index (χ2n) is 4.52. The molecule has 1 heterocycles. The zero-order valence-corrected chi connectivity index (χ0v) is 13.0. The Hall–Kier alpha value is -0.840. The van der Waals surface area contributed by atoms with Gasteiger partial charge in [0.1, 0.15) is 5.76 Å².